The van der Waals surface area contributed by atoms with Crippen molar-refractivity contribution in [2.75, 3.05) is 19.0 Å². The lowest BCUT2D eigenvalue weighted by Crippen LogP contribution is -2.24. The number of amides is 1. The van der Waals surface area contributed by atoms with Gasteiger partial charge in [-0.25, -0.2) is 4.98 Å². The lowest BCUT2D eigenvalue weighted by atomic mass is 10.1. The fourth-order valence-corrected chi connectivity index (χ4v) is 4.01. The predicted octanol–water partition coefficient (Wildman–Crippen LogP) is 5.54. The summed E-state index contributed by atoms with van der Waals surface area (Å²) in [6.45, 7) is 4.45. The van der Waals surface area contributed by atoms with Gasteiger partial charge in [0.15, 0.2) is 0 Å². The fourth-order valence-electron chi connectivity index (χ4n) is 3.02. The highest BCUT2D eigenvalue weighted by molar-refractivity contribution is 8.00. The summed E-state index contributed by atoms with van der Waals surface area (Å²) >= 11 is 1.30. The first-order valence-electron chi connectivity index (χ1n) is 10.3. The van der Waals surface area contributed by atoms with Crippen LogP contribution in [-0.2, 0) is 4.79 Å². The molecule has 1 amide bonds. The van der Waals surface area contributed by atoms with Crippen LogP contribution in [0.5, 0.6) is 11.5 Å². The number of methoxy groups -OCH3 is 1. The number of ether oxygens (including phenoxy) is 2. The molecule has 0 aliphatic heterocycles. The summed E-state index contributed by atoms with van der Waals surface area (Å²) in [6.07, 6.45) is 0.590. The number of hydrogen-bond acceptors (Lipinski definition) is 6. The molecule has 1 atom stereocenters. The van der Waals surface area contributed by atoms with Crippen molar-refractivity contribution >= 4 is 23.4 Å². The zero-order valence-corrected chi connectivity index (χ0v) is 19.1. The molecule has 7 heteroatoms. The Bertz CT molecular complexity index is 1090. The highest BCUT2D eigenvalue weighted by Gasteiger charge is 2.21. The molecule has 3 aromatic rings. The number of anilines is 1. The summed E-state index contributed by atoms with van der Waals surface area (Å²) in [6, 6.07) is 20.5. The molecule has 6 nitrogen and oxygen atoms in total. The van der Waals surface area contributed by atoms with Crippen LogP contribution in [0.25, 0.3) is 11.3 Å². The van der Waals surface area contributed by atoms with Crippen molar-refractivity contribution in [3.63, 3.8) is 0 Å². The van der Waals surface area contributed by atoms with E-state index in [-0.39, 0.29) is 5.91 Å². The largest absolute Gasteiger partial charge is 0.497 e. The van der Waals surface area contributed by atoms with Gasteiger partial charge in [-0.2, -0.15) is 5.26 Å². The molecule has 164 valence electrons. The average molecular weight is 448 g/mol. The maximum atomic E-state index is 12.9. The molecular formula is C25H25N3O3S. The van der Waals surface area contributed by atoms with Gasteiger partial charge in [0.2, 0.25) is 5.91 Å². The molecule has 0 saturated carbocycles. The first kappa shape index (κ1) is 23.2. The maximum Gasteiger partial charge on any atom is 0.237 e. The Labute approximate surface area is 192 Å². The van der Waals surface area contributed by atoms with Gasteiger partial charge in [-0.15, -0.1) is 0 Å². The first-order chi connectivity index (χ1) is 15.6. The van der Waals surface area contributed by atoms with E-state index >= 15 is 0 Å². The molecule has 3 rings (SSSR count). The van der Waals surface area contributed by atoms with E-state index < -0.39 is 5.25 Å². The molecule has 1 heterocycles. The SMILES string of the molecule is CCOc1ccc(NC(=O)C(CC)Sc2nc(-c3ccc(OC)cc3)ccc2C#N)cc1. The second kappa shape index (κ2) is 11.2. The highest BCUT2D eigenvalue weighted by atomic mass is 32.2. The predicted molar refractivity (Wildman–Crippen MR) is 127 cm³/mol. The number of pyridine rings is 1. The van der Waals surface area contributed by atoms with Crippen LogP contribution in [-0.4, -0.2) is 29.9 Å². The van der Waals surface area contributed by atoms with Gasteiger partial charge in [-0.3, -0.25) is 4.79 Å². The molecule has 0 bridgehead atoms. The second-order valence-electron chi connectivity index (χ2n) is 6.85. The number of aromatic nitrogens is 1. The normalized spacial score (nSPS) is 11.3. The zero-order valence-electron chi connectivity index (χ0n) is 18.3. The quantitative estimate of drug-likeness (QED) is 0.434. The van der Waals surface area contributed by atoms with Crippen LogP contribution in [0, 0.1) is 11.3 Å². The zero-order chi connectivity index (χ0) is 22.9. The Morgan fingerprint density at radius 1 is 1.06 bits per heavy atom. The smallest absolute Gasteiger partial charge is 0.237 e. The van der Waals surface area contributed by atoms with Crippen LogP contribution < -0.4 is 14.8 Å². The topological polar surface area (TPSA) is 84.2 Å². The number of thioether (sulfide) groups is 1. The van der Waals surface area contributed by atoms with Crippen LogP contribution in [0.4, 0.5) is 5.69 Å². The van der Waals surface area contributed by atoms with E-state index in [1.807, 2.05) is 68.4 Å². The van der Waals surface area contributed by atoms with Gasteiger partial charge in [0.25, 0.3) is 0 Å². The van der Waals surface area contributed by atoms with Crippen LogP contribution in [0.3, 0.4) is 0 Å². The minimum Gasteiger partial charge on any atom is -0.497 e. The third kappa shape index (κ3) is 5.80. The first-order valence-corrected chi connectivity index (χ1v) is 11.2. The lowest BCUT2D eigenvalue weighted by molar-refractivity contribution is -0.115. The molecular weight excluding hydrogens is 422 g/mol. The number of nitriles is 1. The van der Waals surface area contributed by atoms with Crippen molar-refractivity contribution in [3.05, 3.63) is 66.2 Å². The number of benzene rings is 2. The molecule has 0 fully saturated rings. The molecule has 0 saturated heterocycles. The van der Waals surface area contributed by atoms with Crippen LogP contribution >= 0.6 is 11.8 Å². The second-order valence-corrected chi connectivity index (χ2v) is 8.04. The Morgan fingerprint density at radius 3 is 2.34 bits per heavy atom. The van der Waals surface area contributed by atoms with E-state index in [9.17, 15) is 10.1 Å². The molecule has 0 aliphatic carbocycles. The summed E-state index contributed by atoms with van der Waals surface area (Å²) in [4.78, 5) is 17.6. The van der Waals surface area contributed by atoms with E-state index in [4.69, 9.17) is 9.47 Å². The summed E-state index contributed by atoms with van der Waals surface area (Å²) in [5, 5.41) is 12.6. The van der Waals surface area contributed by atoms with E-state index in [2.05, 4.69) is 16.4 Å². The number of rotatable bonds is 9. The third-order valence-corrected chi connectivity index (χ3v) is 6.08. The summed E-state index contributed by atoms with van der Waals surface area (Å²) in [5.41, 5.74) is 2.78. The number of hydrogen-bond donors (Lipinski definition) is 1. The Balaban J connectivity index is 1.78. The van der Waals surface area contributed by atoms with Crippen molar-refractivity contribution in [1.82, 2.24) is 4.98 Å². The van der Waals surface area contributed by atoms with Gasteiger partial charge >= 0.3 is 0 Å². The van der Waals surface area contributed by atoms with Crippen molar-refractivity contribution in [2.45, 2.75) is 30.5 Å². The van der Waals surface area contributed by atoms with Crippen LogP contribution in [0.2, 0.25) is 0 Å². The van der Waals surface area contributed by atoms with E-state index in [0.29, 0.717) is 29.3 Å². The monoisotopic (exact) mass is 447 g/mol. The highest BCUT2D eigenvalue weighted by Crippen LogP contribution is 2.31. The average Bonchev–Trinajstić information content (AvgIpc) is 2.83. The van der Waals surface area contributed by atoms with Crippen LogP contribution in [0.1, 0.15) is 25.8 Å². The van der Waals surface area contributed by atoms with Gasteiger partial charge < -0.3 is 14.8 Å². The molecule has 0 radical (unpaired) electrons. The minimum atomic E-state index is -0.396. The van der Waals surface area contributed by atoms with E-state index in [0.717, 1.165) is 22.8 Å². The van der Waals surface area contributed by atoms with E-state index in [1.54, 1.807) is 13.2 Å². The molecule has 1 N–H and O–H groups in total. The Kier molecular flexibility index (Phi) is 8.12. The summed E-state index contributed by atoms with van der Waals surface area (Å²) in [7, 11) is 1.62. The molecule has 0 spiro atoms. The fraction of sp³-hybridized carbons (Fsp3) is 0.240. The maximum absolute atomic E-state index is 12.9. The van der Waals surface area contributed by atoms with Crippen molar-refractivity contribution in [1.29, 1.82) is 5.26 Å². The number of nitrogens with zero attached hydrogens (tertiary/aromatic N) is 2. The Morgan fingerprint density at radius 2 is 1.75 bits per heavy atom. The van der Waals surface area contributed by atoms with Gasteiger partial charge in [0.1, 0.15) is 22.6 Å². The third-order valence-electron chi connectivity index (χ3n) is 4.72. The van der Waals surface area contributed by atoms with Gasteiger partial charge in [0, 0.05) is 11.3 Å². The molecule has 1 unspecified atom stereocenters. The molecule has 0 aliphatic rings. The van der Waals surface area contributed by atoms with Crippen molar-refractivity contribution in [2.24, 2.45) is 0 Å². The molecule has 32 heavy (non-hydrogen) atoms. The summed E-state index contributed by atoms with van der Waals surface area (Å²) < 4.78 is 10.6. The number of nitrogens with one attached hydrogen (secondary N) is 1. The van der Waals surface area contributed by atoms with Crippen molar-refractivity contribution in [3.8, 4) is 28.8 Å². The lowest BCUT2D eigenvalue weighted by Gasteiger charge is -2.16. The van der Waals surface area contributed by atoms with Crippen molar-refractivity contribution < 1.29 is 14.3 Å². The molecule has 1 aromatic heterocycles. The van der Waals surface area contributed by atoms with Gasteiger partial charge in [-0.1, -0.05) is 18.7 Å². The van der Waals surface area contributed by atoms with Gasteiger partial charge in [0.05, 0.1) is 30.2 Å². The standard InChI is InChI=1S/C25H25N3O3S/c1-4-23(24(29)27-19-9-13-21(14-10-19)31-5-2)32-25-18(16-26)8-15-22(28-25)17-6-11-20(30-3)12-7-17/h6-15,23H,4-5H2,1-3H3,(H,27,29). The number of carbonyl (C=O) groups is 1. The van der Waals surface area contributed by atoms with Gasteiger partial charge in [-0.05, 0) is 74.0 Å². The number of carbonyl (C=O) groups excluding carboxylic acids is 1. The van der Waals surface area contributed by atoms with Crippen LogP contribution in [0.15, 0.2) is 65.7 Å². The summed E-state index contributed by atoms with van der Waals surface area (Å²) in [5.74, 6) is 1.38. The van der Waals surface area contributed by atoms with E-state index in [1.165, 1.54) is 11.8 Å². The molecule has 2 aromatic carbocycles. The minimum absolute atomic E-state index is 0.137. The Hall–Kier alpha value is -3.50.